The third-order valence-electron chi connectivity index (χ3n) is 4.13. The second-order valence-electron chi connectivity index (χ2n) is 7.29. The summed E-state index contributed by atoms with van der Waals surface area (Å²) >= 11 is 0. The van der Waals surface area contributed by atoms with Gasteiger partial charge >= 0.3 is 5.97 Å². The molecule has 0 saturated carbocycles. The highest BCUT2D eigenvalue weighted by atomic mass is 16.6. The number of ether oxygens (including phenoxy) is 3. The molecule has 144 valence electrons. The van der Waals surface area contributed by atoms with Crippen LogP contribution in [0.5, 0.6) is 11.5 Å². The van der Waals surface area contributed by atoms with Crippen LogP contribution in [0, 0.1) is 0 Å². The van der Waals surface area contributed by atoms with Crippen LogP contribution < -0.4 is 9.47 Å². The van der Waals surface area contributed by atoms with Gasteiger partial charge in [0.25, 0.3) is 0 Å². The molecule has 27 heavy (non-hydrogen) atoms. The SMILES string of the molecule is COc1ccc(OCC(=O)O[C@H](C)C(=O)c2ccc(C(C)(C)C)cc2)cc1. The van der Waals surface area contributed by atoms with E-state index >= 15 is 0 Å². The van der Waals surface area contributed by atoms with Crippen molar-refractivity contribution in [2.45, 2.75) is 39.2 Å². The molecule has 2 aromatic carbocycles. The first-order valence-electron chi connectivity index (χ1n) is 8.82. The van der Waals surface area contributed by atoms with Crippen LogP contribution >= 0.6 is 0 Å². The molecule has 0 radical (unpaired) electrons. The maximum absolute atomic E-state index is 12.5. The molecule has 0 saturated heterocycles. The second kappa shape index (κ2) is 8.71. The van der Waals surface area contributed by atoms with Gasteiger partial charge in [-0.2, -0.15) is 0 Å². The van der Waals surface area contributed by atoms with Gasteiger partial charge in [-0.3, -0.25) is 4.79 Å². The molecule has 0 aliphatic carbocycles. The number of rotatable bonds is 7. The summed E-state index contributed by atoms with van der Waals surface area (Å²) in [5.41, 5.74) is 1.66. The maximum atomic E-state index is 12.5. The van der Waals surface area contributed by atoms with Gasteiger partial charge in [-0.05, 0) is 42.2 Å². The lowest BCUT2D eigenvalue weighted by molar-refractivity contribution is -0.148. The number of carbonyl (C=O) groups is 2. The normalized spacial score (nSPS) is 12.2. The van der Waals surface area contributed by atoms with E-state index in [1.807, 2.05) is 12.1 Å². The van der Waals surface area contributed by atoms with Gasteiger partial charge in [-0.25, -0.2) is 4.79 Å². The van der Waals surface area contributed by atoms with Gasteiger partial charge in [0.15, 0.2) is 12.7 Å². The van der Waals surface area contributed by atoms with Gasteiger partial charge in [0.2, 0.25) is 5.78 Å². The zero-order valence-electron chi connectivity index (χ0n) is 16.4. The Bertz CT molecular complexity index is 770. The molecule has 0 aromatic heterocycles. The molecule has 2 rings (SSSR count). The topological polar surface area (TPSA) is 61.8 Å². The number of ketones is 1. The zero-order valence-corrected chi connectivity index (χ0v) is 16.4. The Morgan fingerprint density at radius 3 is 2.00 bits per heavy atom. The van der Waals surface area contributed by atoms with E-state index in [-0.39, 0.29) is 17.8 Å². The predicted molar refractivity (Wildman–Crippen MR) is 104 cm³/mol. The number of esters is 1. The minimum atomic E-state index is -0.877. The van der Waals surface area contributed by atoms with Crippen molar-refractivity contribution in [3.05, 3.63) is 59.7 Å². The molecule has 5 nitrogen and oxygen atoms in total. The van der Waals surface area contributed by atoms with Gasteiger partial charge in [0, 0.05) is 5.56 Å². The average molecular weight is 370 g/mol. The summed E-state index contributed by atoms with van der Waals surface area (Å²) in [6, 6.07) is 14.2. The lowest BCUT2D eigenvalue weighted by Gasteiger charge is -2.19. The fourth-order valence-corrected chi connectivity index (χ4v) is 2.47. The zero-order chi connectivity index (χ0) is 20.0. The van der Waals surface area contributed by atoms with Crippen molar-refractivity contribution in [3.63, 3.8) is 0 Å². The molecule has 1 atom stereocenters. The molecule has 0 N–H and O–H groups in total. The van der Waals surface area contributed by atoms with Crippen LogP contribution in [0.25, 0.3) is 0 Å². The Morgan fingerprint density at radius 1 is 0.926 bits per heavy atom. The van der Waals surface area contributed by atoms with Crippen LogP contribution in [0.3, 0.4) is 0 Å². The fourth-order valence-electron chi connectivity index (χ4n) is 2.47. The lowest BCUT2D eigenvalue weighted by atomic mass is 9.86. The Hall–Kier alpha value is -2.82. The molecule has 0 bridgehead atoms. The Morgan fingerprint density at radius 2 is 1.48 bits per heavy atom. The van der Waals surface area contributed by atoms with E-state index < -0.39 is 12.1 Å². The van der Waals surface area contributed by atoms with Crippen LogP contribution in [-0.2, 0) is 14.9 Å². The van der Waals surface area contributed by atoms with Crippen molar-refractivity contribution in [2.24, 2.45) is 0 Å². The van der Waals surface area contributed by atoms with E-state index in [1.165, 1.54) is 0 Å². The predicted octanol–water partition coefficient (Wildman–Crippen LogP) is 4.19. The van der Waals surface area contributed by atoms with Gasteiger partial charge in [-0.15, -0.1) is 0 Å². The molecule has 0 amide bonds. The molecule has 2 aromatic rings. The highest BCUT2D eigenvalue weighted by Gasteiger charge is 2.21. The summed E-state index contributed by atoms with van der Waals surface area (Å²) in [7, 11) is 1.57. The minimum absolute atomic E-state index is 0.0124. The first-order valence-corrected chi connectivity index (χ1v) is 8.82. The summed E-state index contributed by atoms with van der Waals surface area (Å²) in [4.78, 5) is 24.4. The molecule has 0 heterocycles. The minimum Gasteiger partial charge on any atom is -0.497 e. The summed E-state index contributed by atoms with van der Waals surface area (Å²) in [6.07, 6.45) is -0.877. The summed E-state index contributed by atoms with van der Waals surface area (Å²) in [5.74, 6) is 0.373. The molecule has 0 aliphatic rings. The number of methoxy groups -OCH3 is 1. The summed E-state index contributed by atoms with van der Waals surface area (Å²) in [6.45, 7) is 7.61. The third kappa shape index (κ3) is 5.84. The standard InChI is InChI=1S/C22H26O5/c1-15(21(24)16-6-8-17(9-7-16)22(2,3)4)27-20(23)14-26-19-12-10-18(25-5)11-13-19/h6-13,15H,14H2,1-5H3/t15-/m1/s1. The first kappa shape index (κ1) is 20.5. The third-order valence-corrected chi connectivity index (χ3v) is 4.13. The van der Waals surface area contributed by atoms with E-state index in [1.54, 1.807) is 50.4 Å². The summed E-state index contributed by atoms with van der Waals surface area (Å²) < 4.78 is 15.6. The molecule has 5 heteroatoms. The molecule has 0 spiro atoms. The molecular weight excluding hydrogens is 344 g/mol. The van der Waals surface area contributed by atoms with Gasteiger partial charge in [-0.1, -0.05) is 45.0 Å². The van der Waals surface area contributed by atoms with Crippen molar-refractivity contribution in [1.29, 1.82) is 0 Å². The highest BCUT2D eigenvalue weighted by Crippen LogP contribution is 2.22. The summed E-state index contributed by atoms with van der Waals surface area (Å²) in [5, 5.41) is 0. The fraction of sp³-hybridized carbons (Fsp3) is 0.364. The maximum Gasteiger partial charge on any atom is 0.344 e. The lowest BCUT2D eigenvalue weighted by Crippen LogP contribution is -2.27. The van der Waals surface area contributed by atoms with Crippen LogP contribution in [0.15, 0.2) is 48.5 Å². The van der Waals surface area contributed by atoms with Crippen molar-refractivity contribution >= 4 is 11.8 Å². The van der Waals surface area contributed by atoms with E-state index in [0.29, 0.717) is 17.1 Å². The van der Waals surface area contributed by atoms with Crippen molar-refractivity contribution in [1.82, 2.24) is 0 Å². The Kier molecular flexibility index (Phi) is 6.61. The molecular formula is C22H26O5. The first-order chi connectivity index (χ1) is 12.7. The van der Waals surface area contributed by atoms with Crippen molar-refractivity contribution in [2.75, 3.05) is 13.7 Å². The highest BCUT2D eigenvalue weighted by molar-refractivity contribution is 6.00. The Labute approximate surface area is 160 Å². The molecule has 0 unspecified atom stereocenters. The van der Waals surface area contributed by atoms with Gasteiger partial charge < -0.3 is 14.2 Å². The van der Waals surface area contributed by atoms with Crippen LogP contribution in [0.1, 0.15) is 43.6 Å². The smallest absolute Gasteiger partial charge is 0.344 e. The van der Waals surface area contributed by atoms with Crippen LogP contribution in [0.2, 0.25) is 0 Å². The number of hydrogen-bond acceptors (Lipinski definition) is 5. The second-order valence-corrected chi connectivity index (χ2v) is 7.29. The molecule has 0 aliphatic heterocycles. The number of Topliss-reactive ketones (excluding diaryl/α,β-unsaturated/α-hetero) is 1. The molecule has 0 fully saturated rings. The van der Waals surface area contributed by atoms with E-state index in [2.05, 4.69) is 20.8 Å². The van der Waals surface area contributed by atoms with E-state index in [9.17, 15) is 9.59 Å². The van der Waals surface area contributed by atoms with Crippen molar-refractivity contribution in [3.8, 4) is 11.5 Å². The van der Waals surface area contributed by atoms with Gasteiger partial charge in [0.1, 0.15) is 11.5 Å². The van der Waals surface area contributed by atoms with Crippen LogP contribution in [0.4, 0.5) is 0 Å². The quantitative estimate of drug-likeness (QED) is 0.540. The number of carbonyl (C=O) groups excluding carboxylic acids is 2. The van der Waals surface area contributed by atoms with Crippen molar-refractivity contribution < 1.29 is 23.8 Å². The van der Waals surface area contributed by atoms with E-state index in [0.717, 1.165) is 5.56 Å². The monoisotopic (exact) mass is 370 g/mol. The van der Waals surface area contributed by atoms with Gasteiger partial charge in [0.05, 0.1) is 7.11 Å². The van der Waals surface area contributed by atoms with Crippen LogP contribution in [-0.4, -0.2) is 31.6 Å². The largest absolute Gasteiger partial charge is 0.497 e. The number of benzene rings is 2. The number of hydrogen-bond donors (Lipinski definition) is 0. The average Bonchev–Trinajstić information content (AvgIpc) is 2.65. The Balaban J connectivity index is 1.88. The van der Waals surface area contributed by atoms with E-state index in [4.69, 9.17) is 14.2 Å².